The molecule has 0 saturated carbocycles. The number of carbonyl (C=O) groups excluding carboxylic acids is 1. The zero-order valence-electron chi connectivity index (χ0n) is 9.73. The molecular weight excluding hydrogens is 190 g/mol. The fourth-order valence-corrected chi connectivity index (χ4v) is 1.49. The molecule has 4 nitrogen and oxygen atoms in total. The lowest BCUT2D eigenvalue weighted by Crippen LogP contribution is -2.25. The third-order valence-electron chi connectivity index (χ3n) is 2.55. The van der Waals surface area contributed by atoms with E-state index in [4.69, 9.17) is 0 Å². The number of nitrogens with zero attached hydrogens (tertiary/aromatic N) is 3. The first-order valence-electron chi connectivity index (χ1n) is 5.42. The molecule has 4 heteroatoms. The van der Waals surface area contributed by atoms with Crippen LogP contribution in [0.2, 0.25) is 0 Å². The molecular formula is C11H19N3O. The Hall–Kier alpha value is -1.16. The first-order chi connectivity index (χ1) is 7.17. The molecule has 1 heterocycles. The molecule has 0 unspecified atom stereocenters. The van der Waals surface area contributed by atoms with E-state index < -0.39 is 0 Å². The van der Waals surface area contributed by atoms with Gasteiger partial charge in [0.2, 0.25) is 0 Å². The van der Waals surface area contributed by atoms with Crippen molar-refractivity contribution in [1.82, 2.24) is 14.7 Å². The number of hydrogen-bond donors (Lipinski definition) is 0. The molecule has 0 bridgehead atoms. The SMILES string of the molecule is CCN(CC)CCC(=O)c1ccn(C)n1. The zero-order chi connectivity index (χ0) is 11.3. The summed E-state index contributed by atoms with van der Waals surface area (Å²) in [6, 6.07) is 1.77. The third-order valence-corrected chi connectivity index (χ3v) is 2.55. The van der Waals surface area contributed by atoms with Crippen molar-refractivity contribution in [2.24, 2.45) is 7.05 Å². The Morgan fingerprint density at radius 2 is 2.13 bits per heavy atom. The van der Waals surface area contributed by atoms with Crippen molar-refractivity contribution in [3.63, 3.8) is 0 Å². The number of aryl methyl sites for hydroxylation is 1. The van der Waals surface area contributed by atoms with Gasteiger partial charge in [-0.25, -0.2) is 0 Å². The molecule has 0 saturated heterocycles. The van der Waals surface area contributed by atoms with Gasteiger partial charge in [-0.15, -0.1) is 0 Å². The van der Waals surface area contributed by atoms with Crippen LogP contribution in [0.15, 0.2) is 12.3 Å². The highest BCUT2D eigenvalue weighted by atomic mass is 16.1. The number of ketones is 1. The van der Waals surface area contributed by atoms with Gasteiger partial charge < -0.3 is 4.90 Å². The highest BCUT2D eigenvalue weighted by Crippen LogP contribution is 2.01. The molecule has 0 aromatic carbocycles. The highest BCUT2D eigenvalue weighted by Gasteiger charge is 2.10. The molecule has 0 fully saturated rings. The van der Waals surface area contributed by atoms with E-state index >= 15 is 0 Å². The first kappa shape index (κ1) is 11.9. The minimum atomic E-state index is 0.127. The molecule has 0 spiro atoms. The second-order valence-corrected chi connectivity index (χ2v) is 3.57. The summed E-state index contributed by atoms with van der Waals surface area (Å²) in [6.07, 6.45) is 2.35. The second kappa shape index (κ2) is 5.66. The molecule has 15 heavy (non-hydrogen) atoms. The maximum absolute atomic E-state index is 11.7. The maximum atomic E-state index is 11.7. The minimum absolute atomic E-state index is 0.127. The lowest BCUT2D eigenvalue weighted by atomic mass is 10.2. The van der Waals surface area contributed by atoms with Crippen molar-refractivity contribution in [3.8, 4) is 0 Å². The van der Waals surface area contributed by atoms with Crippen molar-refractivity contribution >= 4 is 5.78 Å². The van der Waals surface area contributed by atoms with E-state index in [1.54, 1.807) is 16.9 Å². The monoisotopic (exact) mass is 209 g/mol. The first-order valence-corrected chi connectivity index (χ1v) is 5.42. The Morgan fingerprint density at radius 3 is 2.60 bits per heavy atom. The molecule has 84 valence electrons. The number of hydrogen-bond acceptors (Lipinski definition) is 3. The molecule has 0 aliphatic rings. The molecule has 0 radical (unpaired) electrons. The molecule has 0 atom stereocenters. The summed E-state index contributed by atoms with van der Waals surface area (Å²) in [6.45, 7) is 7.02. The fraction of sp³-hybridized carbons (Fsp3) is 0.636. The van der Waals surface area contributed by atoms with Gasteiger partial charge in [-0.05, 0) is 19.2 Å². The zero-order valence-corrected chi connectivity index (χ0v) is 9.73. The molecule has 1 aromatic heterocycles. The fourth-order valence-electron chi connectivity index (χ4n) is 1.49. The van der Waals surface area contributed by atoms with Gasteiger partial charge >= 0.3 is 0 Å². The van der Waals surface area contributed by atoms with Crippen LogP contribution in [-0.2, 0) is 7.05 Å². The Morgan fingerprint density at radius 1 is 1.47 bits per heavy atom. The normalized spacial score (nSPS) is 10.9. The van der Waals surface area contributed by atoms with E-state index in [2.05, 4.69) is 23.8 Å². The van der Waals surface area contributed by atoms with Gasteiger partial charge in [-0.1, -0.05) is 13.8 Å². The second-order valence-electron chi connectivity index (χ2n) is 3.57. The lowest BCUT2D eigenvalue weighted by molar-refractivity contribution is 0.0961. The number of carbonyl (C=O) groups is 1. The Kier molecular flexibility index (Phi) is 4.49. The average Bonchev–Trinajstić information content (AvgIpc) is 2.66. The Balaban J connectivity index is 2.42. The van der Waals surface area contributed by atoms with Crippen LogP contribution in [0.1, 0.15) is 30.8 Å². The molecule has 0 N–H and O–H groups in total. The summed E-state index contributed by atoms with van der Waals surface area (Å²) in [5.74, 6) is 0.127. The topological polar surface area (TPSA) is 38.1 Å². The van der Waals surface area contributed by atoms with Crippen LogP contribution in [-0.4, -0.2) is 40.1 Å². The average molecular weight is 209 g/mol. The van der Waals surface area contributed by atoms with Crippen LogP contribution < -0.4 is 0 Å². The van der Waals surface area contributed by atoms with E-state index in [1.807, 2.05) is 7.05 Å². The predicted octanol–water partition coefficient (Wildman–Crippen LogP) is 1.33. The largest absolute Gasteiger partial charge is 0.303 e. The van der Waals surface area contributed by atoms with Gasteiger partial charge in [0.1, 0.15) is 5.69 Å². The standard InChI is InChI=1S/C11H19N3O/c1-4-14(5-2)9-7-11(15)10-6-8-13(3)12-10/h6,8H,4-5,7,9H2,1-3H3. The minimum Gasteiger partial charge on any atom is -0.303 e. The quantitative estimate of drug-likeness (QED) is 0.663. The summed E-state index contributed by atoms with van der Waals surface area (Å²) in [7, 11) is 1.82. The van der Waals surface area contributed by atoms with Crippen molar-refractivity contribution in [2.45, 2.75) is 20.3 Å². The summed E-state index contributed by atoms with van der Waals surface area (Å²) in [4.78, 5) is 13.9. The van der Waals surface area contributed by atoms with Gasteiger partial charge in [0.25, 0.3) is 0 Å². The molecule has 1 aromatic rings. The number of aromatic nitrogens is 2. The molecule has 0 aliphatic carbocycles. The van der Waals surface area contributed by atoms with Crippen molar-refractivity contribution < 1.29 is 4.79 Å². The van der Waals surface area contributed by atoms with Crippen LogP contribution >= 0.6 is 0 Å². The number of Topliss-reactive ketones (excluding diaryl/α,β-unsaturated/α-hetero) is 1. The Bertz CT molecular complexity index is 315. The van der Waals surface area contributed by atoms with Gasteiger partial charge in [0, 0.05) is 26.2 Å². The van der Waals surface area contributed by atoms with Crippen LogP contribution in [0.4, 0.5) is 0 Å². The van der Waals surface area contributed by atoms with Crippen LogP contribution in [0.5, 0.6) is 0 Å². The van der Waals surface area contributed by atoms with E-state index in [-0.39, 0.29) is 5.78 Å². The van der Waals surface area contributed by atoms with Gasteiger partial charge in [-0.2, -0.15) is 5.10 Å². The highest BCUT2D eigenvalue weighted by molar-refractivity contribution is 5.94. The maximum Gasteiger partial charge on any atom is 0.184 e. The van der Waals surface area contributed by atoms with Crippen molar-refractivity contribution in [3.05, 3.63) is 18.0 Å². The molecule has 1 rings (SSSR count). The van der Waals surface area contributed by atoms with Gasteiger partial charge in [0.05, 0.1) is 0 Å². The van der Waals surface area contributed by atoms with Crippen LogP contribution in [0.3, 0.4) is 0 Å². The Labute approximate surface area is 90.9 Å². The van der Waals surface area contributed by atoms with E-state index in [0.29, 0.717) is 12.1 Å². The van der Waals surface area contributed by atoms with Crippen LogP contribution in [0.25, 0.3) is 0 Å². The van der Waals surface area contributed by atoms with E-state index in [0.717, 1.165) is 19.6 Å². The lowest BCUT2D eigenvalue weighted by Gasteiger charge is -2.16. The smallest absolute Gasteiger partial charge is 0.184 e. The summed E-state index contributed by atoms with van der Waals surface area (Å²) in [5, 5.41) is 4.09. The van der Waals surface area contributed by atoms with Crippen molar-refractivity contribution in [1.29, 1.82) is 0 Å². The van der Waals surface area contributed by atoms with Gasteiger partial charge in [-0.3, -0.25) is 9.48 Å². The van der Waals surface area contributed by atoms with Crippen LogP contribution in [0, 0.1) is 0 Å². The van der Waals surface area contributed by atoms with Gasteiger partial charge in [0.15, 0.2) is 5.78 Å². The summed E-state index contributed by atoms with van der Waals surface area (Å²) in [5.41, 5.74) is 0.574. The predicted molar refractivity (Wildman–Crippen MR) is 59.9 cm³/mol. The molecule has 0 aliphatic heterocycles. The van der Waals surface area contributed by atoms with E-state index in [1.165, 1.54) is 0 Å². The summed E-state index contributed by atoms with van der Waals surface area (Å²) < 4.78 is 1.66. The number of rotatable bonds is 6. The summed E-state index contributed by atoms with van der Waals surface area (Å²) >= 11 is 0. The third kappa shape index (κ3) is 3.47. The molecule has 0 amide bonds. The van der Waals surface area contributed by atoms with E-state index in [9.17, 15) is 4.79 Å². The van der Waals surface area contributed by atoms with Crippen molar-refractivity contribution in [2.75, 3.05) is 19.6 Å².